The number of rotatable bonds is 2. The van der Waals surface area contributed by atoms with Crippen molar-refractivity contribution < 1.29 is 9.53 Å². The van der Waals surface area contributed by atoms with Gasteiger partial charge in [-0.1, -0.05) is 0 Å². The molecule has 0 amide bonds. The van der Waals surface area contributed by atoms with Crippen LogP contribution in [0.4, 0.5) is 4.79 Å². The first-order valence-corrected chi connectivity index (χ1v) is 7.10. The Labute approximate surface area is 128 Å². The molecule has 0 bridgehead atoms. The molecule has 0 N–H and O–H groups in total. The molecule has 3 heterocycles. The highest BCUT2D eigenvalue weighted by Crippen LogP contribution is 2.19. The highest BCUT2D eigenvalue weighted by Gasteiger charge is 2.12. The van der Waals surface area contributed by atoms with E-state index < -0.39 is 6.09 Å². The van der Waals surface area contributed by atoms with Gasteiger partial charge in [-0.25, -0.2) is 14.3 Å². The number of carbonyl (C=O) groups is 1. The van der Waals surface area contributed by atoms with E-state index in [1.165, 1.54) is 0 Å². The van der Waals surface area contributed by atoms with E-state index in [0.717, 1.165) is 20.5 Å². The third kappa shape index (κ3) is 2.66. The van der Waals surface area contributed by atoms with Crippen LogP contribution in [0, 0.1) is 0 Å². The van der Waals surface area contributed by atoms with Crippen LogP contribution in [0.5, 0.6) is 0 Å². The van der Waals surface area contributed by atoms with Gasteiger partial charge in [0.05, 0.1) is 24.2 Å². The SMILES string of the molecule is CC(C)OC(=O)n1cc(-c2ccc3ncc(Br)n3n2)cn1. The van der Waals surface area contributed by atoms with Gasteiger partial charge in [0.15, 0.2) is 5.65 Å². The molecule has 0 aliphatic carbocycles. The Morgan fingerprint density at radius 2 is 2.14 bits per heavy atom. The lowest BCUT2D eigenvalue weighted by molar-refractivity contribution is 0.114. The summed E-state index contributed by atoms with van der Waals surface area (Å²) in [5.41, 5.74) is 2.14. The predicted molar refractivity (Wildman–Crippen MR) is 78.9 cm³/mol. The van der Waals surface area contributed by atoms with Crippen LogP contribution < -0.4 is 0 Å². The second-order valence-corrected chi connectivity index (χ2v) is 5.49. The summed E-state index contributed by atoms with van der Waals surface area (Å²) in [6.45, 7) is 3.57. The molecule has 3 aromatic heterocycles. The topological polar surface area (TPSA) is 74.3 Å². The Morgan fingerprint density at radius 3 is 2.90 bits per heavy atom. The van der Waals surface area contributed by atoms with E-state index in [9.17, 15) is 4.79 Å². The molecule has 3 aromatic rings. The average molecular weight is 350 g/mol. The first kappa shape index (κ1) is 13.7. The van der Waals surface area contributed by atoms with Gasteiger partial charge in [-0.05, 0) is 41.9 Å². The molecule has 0 aliphatic heterocycles. The van der Waals surface area contributed by atoms with E-state index in [2.05, 4.69) is 31.1 Å². The highest BCUT2D eigenvalue weighted by atomic mass is 79.9. The van der Waals surface area contributed by atoms with E-state index in [-0.39, 0.29) is 6.10 Å². The number of carbonyl (C=O) groups excluding carboxylic acids is 1. The molecule has 0 unspecified atom stereocenters. The number of ether oxygens (including phenoxy) is 1. The molecule has 21 heavy (non-hydrogen) atoms. The van der Waals surface area contributed by atoms with Crippen LogP contribution in [0.25, 0.3) is 16.9 Å². The van der Waals surface area contributed by atoms with Crippen molar-refractivity contribution in [2.75, 3.05) is 0 Å². The monoisotopic (exact) mass is 349 g/mol. The van der Waals surface area contributed by atoms with E-state index in [4.69, 9.17) is 4.74 Å². The number of nitrogens with zero attached hydrogens (tertiary/aromatic N) is 5. The summed E-state index contributed by atoms with van der Waals surface area (Å²) in [6, 6.07) is 3.67. The van der Waals surface area contributed by atoms with Crippen molar-refractivity contribution >= 4 is 27.7 Å². The van der Waals surface area contributed by atoms with Crippen molar-refractivity contribution in [2.45, 2.75) is 20.0 Å². The quantitative estimate of drug-likeness (QED) is 0.711. The van der Waals surface area contributed by atoms with Gasteiger partial charge in [-0.15, -0.1) is 0 Å². The molecular formula is C13H12BrN5O2. The van der Waals surface area contributed by atoms with E-state index in [0.29, 0.717) is 5.69 Å². The molecule has 7 nitrogen and oxygen atoms in total. The van der Waals surface area contributed by atoms with Crippen molar-refractivity contribution in [3.63, 3.8) is 0 Å². The van der Waals surface area contributed by atoms with Gasteiger partial charge in [-0.3, -0.25) is 0 Å². The minimum Gasteiger partial charge on any atom is -0.445 e. The maximum Gasteiger partial charge on any atom is 0.434 e. The fourth-order valence-electron chi connectivity index (χ4n) is 1.81. The second kappa shape index (κ2) is 5.28. The summed E-state index contributed by atoms with van der Waals surface area (Å²) in [5, 5.41) is 8.44. The van der Waals surface area contributed by atoms with Gasteiger partial charge >= 0.3 is 6.09 Å². The molecule has 0 spiro atoms. The minimum atomic E-state index is -0.513. The number of aromatic nitrogens is 5. The Hall–Kier alpha value is -2.22. The number of fused-ring (bicyclic) bond motifs is 1. The first-order valence-electron chi connectivity index (χ1n) is 6.31. The molecule has 0 aliphatic rings. The smallest absolute Gasteiger partial charge is 0.434 e. The zero-order chi connectivity index (χ0) is 15.0. The van der Waals surface area contributed by atoms with E-state index in [1.807, 2.05) is 12.1 Å². The van der Waals surface area contributed by atoms with Crippen LogP contribution in [-0.2, 0) is 4.74 Å². The molecule has 0 fully saturated rings. The number of halogens is 1. The summed E-state index contributed by atoms with van der Waals surface area (Å²) in [6.07, 6.45) is 4.13. The van der Waals surface area contributed by atoms with Gasteiger partial charge in [0.2, 0.25) is 0 Å². The molecular weight excluding hydrogens is 338 g/mol. The van der Waals surface area contributed by atoms with Gasteiger partial charge in [-0.2, -0.15) is 14.9 Å². The Morgan fingerprint density at radius 1 is 1.33 bits per heavy atom. The molecule has 108 valence electrons. The molecule has 0 radical (unpaired) electrons. The average Bonchev–Trinajstić information content (AvgIpc) is 3.05. The van der Waals surface area contributed by atoms with Gasteiger partial charge in [0, 0.05) is 11.8 Å². The fourth-order valence-corrected chi connectivity index (χ4v) is 2.17. The van der Waals surface area contributed by atoms with Crippen LogP contribution in [-0.4, -0.2) is 36.6 Å². The summed E-state index contributed by atoms with van der Waals surface area (Å²) in [7, 11) is 0. The molecule has 0 saturated heterocycles. The number of imidazole rings is 1. The number of hydrogen-bond acceptors (Lipinski definition) is 5. The lowest BCUT2D eigenvalue weighted by atomic mass is 10.2. The lowest BCUT2D eigenvalue weighted by Gasteiger charge is -2.06. The van der Waals surface area contributed by atoms with Crippen molar-refractivity contribution in [3.05, 3.63) is 35.3 Å². The summed E-state index contributed by atoms with van der Waals surface area (Å²) < 4.78 is 8.66. The van der Waals surface area contributed by atoms with E-state index >= 15 is 0 Å². The van der Waals surface area contributed by atoms with Crippen molar-refractivity contribution in [1.82, 2.24) is 24.4 Å². The first-order chi connectivity index (χ1) is 10.0. The van der Waals surface area contributed by atoms with Crippen molar-refractivity contribution in [2.24, 2.45) is 0 Å². The van der Waals surface area contributed by atoms with Gasteiger partial charge < -0.3 is 4.74 Å². The standard InChI is InChI=1S/C13H12BrN5O2/c1-8(2)21-13(20)18-7-9(5-16-18)10-3-4-12-15-6-11(14)19(12)17-10/h3-8H,1-2H3. The second-order valence-electron chi connectivity index (χ2n) is 4.68. The molecule has 0 saturated carbocycles. The molecule has 8 heteroatoms. The lowest BCUT2D eigenvalue weighted by Crippen LogP contribution is -2.18. The summed E-state index contributed by atoms with van der Waals surface area (Å²) in [4.78, 5) is 15.9. The highest BCUT2D eigenvalue weighted by molar-refractivity contribution is 9.10. The van der Waals surface area contributed by atoms with Gasteiger partial charge in [0.25, 0.3) is 0 Å². The van der Waals surface area contributed by atoms with Crippen LogP contribution in [0.2, 0.25) is 0 Å². The largest absolute Gasteiger partial charge is 0.445 e. The maximum atomic E-state index is 11.8. The predicted octanol–water partition coefficient (Wildman–Crippen LogP) is 2.75. The Bertz CT molecular complexity index is 808. The summed E-state index contributed by atoms with van der Waals surface area (Å²) in [5.74, 6) is 0. The van der Waals surface area contributed by atoms with Crippen LogP contribution in [0.1, 0.15) is 13.8 Å². The normalized spacial score (nSPS) is 11.2. The van der Waals surface area contributed by atoms with Gasteiger partial charge in [0.1, 0.15) is 4.60 Å². The summed E-state index contributed by atoms with van der Waals surface area (Å²) >= 11 is 3.37. The maximum absolute atomic E-state index is 11.8. The zero-order valence-corrected chi connectivity index (χ0v) is 13.0. The molecule has 0 atom stereocenters. The number of hydrogen-bond donors (Lipinski definition) is 0. The van der Waals surface area contributed by atoms with Crippen molar-refractivity contribution in [3.8, 4) is 11.3 Å². The van der Waals surface area contributed by atoms with Crippen LogP contribution in [0.3, 0.4) is 0 Å². The van der Waals surface area contributed by atoms with Crippen molar-refractivity contribution in [1.29, 1.82) is 0 Å². The third-order valence-electron chi connectivity index (χ3n) is 2.72. The molecule has 3 rings (SSSR count). The fraction of sp³-hybridized carbons (Fsp3) is 0.231. The third-order valence-corrected chi connectivity index (χ3v) is 3.26. The van der Waals surface area contributed by atoms with Crippen LogP contribution >= 0.6 is 15.9 Å². The minimum absolute atomic E-state index is 0.193. The molecule has 0 aromatic carbocycles. The Kier molecular flexibility index (Phi) is 3.46. The Balaban J connectivity index is 1.94. The van der Waals surface area contributed by atoms with Crippen LogP contribution in [0.15, 0.2) is 35.3 Å². The van der Waals surface area contributed by atoms with E-state index in [1.54, 1.807) is 37.0 Å². The zero-order valence-electron chi connectivity index (χ0n) is 11.4.